The zero-order valence-electron chi connectivity index (χ0n) is 14.1. The molecule has 2 N–H and O–H groups in total. The quantitative estimate of drug-likeness (QED) is 0.631. The molecular formula is C18H14Cl2N4O2S. The molecule has 3 rings (SSSR count). The van der Waals surface area contributed by atoms with Crippen LogP contribution in [0, 0.1) is 0 Å². The van der Waals surface area contributed by atoms with Crippen LogP contribution >= 0.6 is 34.7 Å². The van der Waals surface area contributed by atoms with Gasteiger partial charge in [0, 0.05) is 27.1 Å². The van der Waals surface area contributed by atoms with E-state index in [2.05, 4.69) is 20.2 Å². The van der Waals surface area contributed by atoms with Crippen molar-refractivity contribution in [1.82, 2.24) is 14.9 Å². The van der Waals surface area contributed by atoms with E-state index in [0.29, 0.717) is 15.6 Å². The number of nitrogens with one attached hydrogen (secondary N) is 2. The second kappa shape index (κ2) is 8.47. The molecule has 0 aliphatic carbocycles. The van der Waals surface area contributed by atoms with Crippen LogP contribution in [0.4, 0.5) is 5.00 Å². The van der Waals surface area contributed by atoms with Crippen molar-refractivity contribution < 1.29 is 9.59 Å². The summed E-state index contributed by atoms with van der Waals surface area (Å²) in [5.41, 5.74) is 1.31. The third-order valence-electron chi connectivity index (χ3n) is 3.73. The Morgan fingerprint density at radius 3 is 2.48 bits per heavy atom. The molecule has 0 spiro atoms. The first-order valence-electron chi connectivity index (χ1n) is 7.89. The molecule has 2 aromatic carbocycles. The van der Waals surface area contributed by atoms with Gasteiger partial charge in [0.25, 0.3) is 11.8 Å². The topological polar surface area (TPSA) is 84.0 Å². The first-order valence-corrected chi connectivity index (χ1v) is 9.42. The summed E-state index contributed by atoms with van der Waals surface area (Å²) < 4.78 is 3.77. The number of amides is 2. The lowest BCUT2D eigenvalue weighted by molar-refractivity contribution is 0.0935. The minimum Gasteiger partial charge on any atom is -0.344 e. The van der Waals surface area contributed by atoms with E-state index in [0.717, 1.165) is 17.1 Å². The first kappa shape index (κ1) is 19.3. The Hall–Kier alpha value is -2.48. The SMILES string of the molecule is CC(NC(=O)c1nnsc1NC(=O)c1cccc(Cl)c1)c1ccc(Cl)cc1. The van der Waals surface area contributed by atoms with Crippen LogP contribution in [-0.4, -0.2) is 21.4 Å². The van der Waals surface area contributed by atoms with Crippen LogP contribution in [0.1, 0.15) is 39.4 Å². The molecule has 0 radical (unpaired) electrons. The smallest absolute Gasteiger partial charge is 0.275 e. The molecule has 9 heteroatoms. The van der Waals surface area contributed by atoms with Crippen molar-refractivity contribution in [1.29, 1.82) is 0 Å². The fourth-order valence-electron chi connectivity index (χ4n) is 2.33. The molecule has 3 aromatic rings. The highest BCUT2D eigenvalue weighted by atomic mass is 35.5. The number of carbonyl (C=O) groups is 2. The molecule has 0 aliphatic heterocycles. The molecule has 1 heterocycles. The standard InChI is InChI=1S/C18H14Cl2N4O2S/c1-10(11-5-7-13(19)8-6-11)21-17(26)15-18(27-24-23-15)22-16(25)12-3-2-4-14(20)9-12/h2-10H,1H3,(H,21,26)(H,22,25). The van der Waals surface area contributed by atoms with Gasteiger partial charge < -0.3 is 10.6 Å². The van der Waals surface area contributed by atoms with Gasteiger partial charge in [0.1, 0.15) is 5.00 Å². The van der Waals surface area contributed by atoms with Gasteiger partial charge in [0.2, 0.25) is 0 Å². The summed E-state index contributed by atoms with van der Waals surface area (Å²) in [6, 6.07) is 13.4. The summed E-state index contributed by atoms with van der Waals surface area (Å²) in [4.78, 5) is 24.9. The maximum absolute atomic E-state index is 12.5. The summed E-state index contributed by atoms with van der Waals surface area (Å²) in [6.45, 7) is 1.84. The number of anilines is 1. The lowest BCUT2D eigenvalue weighted by atomic mass is 10.1. The molecule has 27 heavy (non-hydrogen) atoms. The minimum absolute atomic E-state index is 0.0520. The van der Waals surface area contributed by atoms with E-state index in [4.69, 9.17) is 23.2 Å². The van der Waals surface area contributed by atoms with Crippen LogP contribution in [0.25, 0.3) is 0 Å². The molecule has 0 fully saturated rings. The normalized spacial score (nSPS) is 11.7. The van der Waals surface area contributed by atoms with E-state index in [1.54, 1.807) is 30.3 Å². The first-order chi connectivity index (χ1) is 12.9. The third-order valence-corrected chi connectivity index (χ3v) is 4.86. The van der Waals surface area contributed by atoms with Crippen molar-refractivity contribution in [2.75, 3.05) is 5.32 Å². The second-order valence-corrected chi connectivity index (χ2v) is 7.29. The van der Waals surface area contributed by atoms with Crippen molar-refractivity contribution in [3.8, 4) is 0 Å². The maximum Gasteiger partial charge on any atom is 0.275 e. The van der Waals surface area contributed by atoms with Gasteiger partial charge in [-0.15, -0.1) is 5.10 Å². The van der Waals surface area contributed by atoms with Crippen molar-refractivity contribution in [2.45, 2.75) is 13.0 Å². The van der Waals surface area contributed by atoms with Crippen molar-refractivity contribution in [2.24, 2.45) is 0 Å². The number of carbonyl (C=O) groups excluding carboxylic acids is 2. The highest BCUT2D eigenvalue weighted by Gasteiger charge is 2.21. The molecule has 1 aromatic heterocycles. The number of hydrogen-bond acceptors (Lipinski definition) is 5. The van der Waals surface area contributed by atoms with Gasteiger partial charge in [0.15, 0.2) is 5.69 Å². The third kappa shape index (κ3) is 4.82. The molecule has 1 atom stereocenters. The van der Waals surface area contributed by atoms with E-state index in [-0.39, 0.29) is 16.7 Å². The fourth-order valence-corrected chi connectivity index (χ4v) is 3.20. The summed E-state index contributed by atoms with van der Waals surface area (Å²) in [6.07, 6.45) is 0. The zero-order chi connectivity index (χ0) is 19.4. The Balaban J connectivity index is 1.71. The monoisotopic (exact) mass is 420 g/mol. The molecular weight excluding hydrogens is 407 g/mol. The molecule has 138 valence electrons. The van der Waals surface area contributed by atoms with E-state index in [1.807, 2.05) is 19.1 Å². The Labute approximate surface area is 169 Å². The van der Waals surface area contributed by atoms with Gasteiger partial charge in [-0.25, -0.2) is 0 Å². The summed E-state index contributed by atoms with van der Waals surface area (Å²) in [5, 5.41) is 10.6. The number of aromatic nitrogens is 2. The Morgan fingerprint density at radius 2 is 1.78 bits per heavy atom. The number of nitrogens with zero attached hydrogens (tertiary/aromatic N) is 2. The average Bonchev–Trinajstić information content (AvgIpc) is 3.10. The summed E-state index contributed by atoms with van der Waals surface area (Å²) in [5.74, 6) is -0.837. The van der Waals surface area contributed by atoms with Gasteiger partial charge in [-0.3, -0.25) is 9.59 Å². The van der Waals surface area contributed by atoms with E-state index >= 15 is 0 Å². The largest absolute Gasteiger partial charge is 0.344 e. The van der Waals surface area contributed by atoms with Crippen LogP contribution in [0.2, 0.25) is 10.0 Å². The predicted molar refractivity (Wildman–Crippen MR) is 107 cm³/mol. The highest BCUT2D eigenvalue weighted by Crippen LogP contribution is 2.22. The molecule has 0 aliphatic rings. The molecule has 6 nitrogen and oxygen atoms in total. The Kier molecular flexibility index (Phi) is 6.05. The lowest BCUT2D eigenvalue weighted by Gasteiger charge is -2.14. The van der Waals surface area contributed by atoms with Crippen LogP contribution in [-0.2, 0) is 0 Å². The second-order valence-electron chi connectivity index (χ2n) is 5.66. The highest BCUT2D eigenvalue weighted by molar-refractivity contribution is 7.10. The molecule has 0 saturated carbocycles. The molecule has 0 saturated heterocycles. The molecule has 2 amide bonds. The number of halogens is 2. The zero-order valence-corrected chi connectivity index (χ0v) is 16.4. The van der Waals surface area contributed by atoms with E-state index in [9.17, 15) is 9.59 Å². The molecule has 0 bridgehead atoms. The number of rotatable bonds is 5. The van der Waals surface area contributed by atoms with Crippen molar-refractivity contribution in [3.63, 3.8) is 0 Å². The average molecular weight is 421 g/mol. The van der Waals surface area contributed by atoms with E-state index in [1.165, 1.54) is 6.07 Å². The molecule has 1 unspecified atom stereocenters. The van der Waals surface area contributed by atoms with Crippen LogP contribution in [0.3, 0.4) is 0 Å². The Bertz CT molecular complexity index is 976. The van der Waals surface area contributed by atoms with Crippen molar-refractivity contribution >= 4 is 51.5 Å². The van der Waals surface area contributed by atoms with Gasteiger partial charge in [0.05, 0.1) is 6.04 Å². The van der Waals surface area contributed by atoms with Crippen LogP contribution in [0.5, 0.6) is 0 Å². The van der Waals surface area contributed by atoms with Gasteiger partial charge in [-0.2, -0.15) is 0 Å². The maximum atomic E-state index is 12.5. The minimum atomic E-state index is -0.437. The lowest BCUT2D eigenvalue weighted by Crippen LogP contribution is -2.28. The number of hydrogen-bond donors (Lipinski definition) is 2. The summed E-state index contributed by atoms with van der Waals surface area (Å²) >= 11 is 12.7. The van der Waals surface area contributed by atoms with E-state index < -0.39 is 11.8 Å². The fraction of sp³-hybridized carbons (Fsp3) is 0.111. The number of benzene rings is 2. The van der Waals surface area contributed by atoms with Crippen LogP contribution in [0.15, 0.2) is 48.5 Å². The van der Waals surface area contributed by atoms with Gasteiger partial charge >= 0.3 is 0 Å². The van der Waals surface area contributed by atoms with Crippen molar-refractivity contribution in [3.05, 3.63) is 75.4 Å². The van der Waals surface area contributed by atoms with Crippen LogP contribution < -0.4 is 10.6 Å². The Morgan fingerprint density at radius 1 is 1.04 bits per heavy atom. The van der Waals surface area contributed by atoms with Gasteiger partial charge in [-0.05, 0) is 42.8 Å². The van der Waals surface area contributed by atoms with Gasteiger partial charge in [-0.1, -0.05) is 45.9 Å². The summed E-state index contributed by atoms with van der Waals surface area (Å²) in [7, 11) is 0. The predicted octanol–water partition coefficient (Wildman–Crippen LogP) is 4.59.